The van der Waals surface area contributed by atoms with Crippen molar-refractivity contribution in [2.24, 2.45) is 11.1 Å². The first-order valence-electron chi connectivity index (χ1n) is 5.92. The fourth-order valence-electron chi connectivity index (χ4n) is 1.74. The largest absolute Gasteiger partial charge is 0.327 e. The molecular weight excluding hydrogens is 270 g/mol. The summed E-state index contributed by atoms with van der Waals surface area (Å²) in [4.78, 5) is 17.5. The van der Waals surface area contributed by atoms with Gasteiger partial charge in [-0.2, -0.15) is 0 Å². The van der Waals surface area contributed by atoms with Gasteiger partial charge in [0.2, 0.25) is 5.91 Å². The van der Waals surface area contributed by atoms with Crippen molar-refractivity contribution in [3.63, 3.8) is 0 Å². The summed E-state index contributed by atoms with van der Waals surface area (Å²) in [5.41, 5.74) is 6.65. The number of anilines is 1. The maximum absolute atomic E-state index is 11.8. The van der Waals surface area contributed by atoms with Crippen LogP contribution in [0.5, 0.6) is 0 Å². The highest BCUT2D eigenvalue weighted by Gasteiger charge is 2.24. The molecule has 0 spiro atoms. The Morgan fingerprint density at radius 1 is 1.50 bits per heavy atom. The summed E-state index contributed by atoms with van der Waals surface area (Å²) in [6, 6.07) is 0.245. The molecule has 1 aliphatic rings. The van der Waals surface area contributed by atoms with E-state index in [1.807, 2.05) is 20.8 Å². The van der Waals surface area contributed by atoms with E-state index < -0.39 is 0 Å². The Kier molecular flexibility index (Phi) is 4.75. The van der Waals surface area contributed by atoms with Crippen LogP contribution in [0.1, 0.15) is 37.8 Å². The second kappa shape index (κ2) is 5.55. The molecule has 1 atom stereocenters. The van der Waals surface area contributed by atoms with E-state index in [-0.39, 0.29) is 29.8 Å². The number of nitrogens with two attached hydrogens (primary N) is 1. The van der Waals surface area contributed by atoms with Crippen molar-refractivity contribution in [2.75, 3.05) is 5.32 Å². The van der Waals surface area contributed by atoms with Gasteiger partial charge in [0.1, 0.15) is 0 Å². The summed E-state index contributed by atoms with van der Waals surface area (Å²) in [5.74, 6) is 0.00731. The second-order valence-electron chi connectivity index (χ2n) is 5.60. The van der Waals surface area contributed by atoms with Crippen LogP contribution in [0.3, 0.4) is 0 Å². The predicted octanol–water partition coefficient (Wildman–Crippen LogP) is 2.37. The average molecular weight is 290 g/mol. The van der Waals surface area contributed by atoms with Crippen LogP contribution in [-0.2, 0) is 17.6 Å². The van der Waals surface area contributed by atoms with E-state index in [4.69, 9.17) is 5.73 Å². The van der Waals surface area contributed by atoms with Crippen LogP contribution in [0.4, 0.5) is 5.13 Å². The standard InChI is InChI=1S/C12H19N3OS.ClH/c1-12(2,3)10(16)15-11-14-8-5-4-7(13)6-9(8)17-11;/h7H,4-6,13H2,1-3H3,(H,14,15,16);1H/t7-;/m0./s1. The Labute approximate surface area is 118 Å². The van der Waals surface area contributed by atoms with Crippen LogP contribution < -0.4 is 11.1 Å². The van der Waals surface area contributed by atoms with Gasteiger partial charge in [0.15, 0.2) is 5.13 Å². The minimum atomic E-state index is -0.386. The van der Waals surface area contributed by atoms with Crippen molar-refractivity contribution in [2.45, 2.75) is 46.1 Å². The molecule has 4 nitrogen and oxygen atoms in total. The number of amides is 1. The number of halogens is 1. The third-order valence-electron chi connectivity index (χ3n) is 2.88. The van der Waals surface area contributed by atoms with E-state index in [9.17, 15) is 4.79 Å². The molecule has 18 heavy (non-hydrogen) atoms. The third-order valence-corrected chi connectivity index (χ3v) is 3.91. The molecule has 0 fully saturated rings. The maximum Gasteiger partial charge on any atom is 0.231 e. The zero-order valence-electron chi connectivity index (χ0n) is 10.9. The summed E-state index contributed by atoms with van der Waals surface area (Å²) in [6.45, 7) is 5.68. The molecule has 0 saturated carbocycles. The van der Waals surface area contributed by atoms with Crippen LogP contribution in [0, 0.1) is 5.41 Å². The topological polar surface area (TPSA) is 68.0 Å². The van der Waals surface area contributed by atoms with E-state index in [1.165, 1.54) is 4.88 Å². The van der Waals surface area contributed by atoms with Gasteiger partial charge in [-0.1, -0.05) is 20.8 Å². The van der Waals surface area contributed by atoms with Crippen LogP contribution in [-0.4, -0.2) is 16.9 Å². The molecule has 1 aromatic rings. The fraction of sp³-hybridized carbons (Fsp3) is 0.667. The molecule has 3 N–H and O–H groups in total. The number of fused-ring (bicyclic) bond motifs is 1. The highest BCUT2D eigenvalue weighted by molar-refractivity contribution is 7.15. The molecule has 2 rings (SSSR count). The van der Waals surface area contributed by atoms with Gasteiger partial charge in [0, 0.05) is 16.3 Å². The monoisotopic (exact) mass is 289 g/mol. The van der Waals surface area contributed by atoms with Gasteiger partial charge in [-0.25, -0.2) is 4.98 Å². The number of aromatic nitrogens is 1. The van der Waals surface area contributed by atoms with E-state index in [0.717, 1.165) is 25.0 Å². The van der Waals surface area contributed by atoms with Gasteiger partial charge in [0.25, 0.3) is 0 Å². The maximum atomic E-state index is 11.8. The Morgan fingerprint density at radius 2 is 2.17 bits per heavy atom. The van der Waals surface area contributed by atoms with Crippen LogP contribution in [0.25, 0.3) is 0 Å². The molecule has 0 aliphatic heterocycles. The van der Waals surface area contributed by atoms with E-state index in [1.54, 1.807) is 11.3 Å². The number of carbonyl (C=O) groups excluding carboxylic acids is 1. The molecule has 102 valence electrons. The lowest BCUT2D eigenvalue weighted by Gasteiger charge is -2.15. The first-order valence-corrected chi connectivity index (χ1v) is 6.73. The smallest absolute Gasteiger partial charge is 0.231 e. The molecule has 0 saturated heterocycles. The Bertz CT molecular complexity index is 439. The minimum Gasteiger partial charge on any atom is -0.327 e. The first-order chi connectivity index (χ1) is 7.86. The second-order valence-corrected chi connectivity index (χ2v) is 6.68. The summed E-state index contributed by atoms with van der Waals surface area (Å²) < 4.78 is 0. The molecular formula is C12H20ClN3OS. The Balaban J connectivity index is 0.00000162. The SMILES string of the molecule is CC(C)(C)C(=O)Nc1nc2c(s1)C[C@@H](N)CC2.Cl. The molecule has 0 bridgehead atoms. The van der Waals surface area contributed by atoms with Crippen LogP contribution >= 0.6 is 23.7 Å². The average Bonchev–Trinajstić information content (AvgIpc) is 2.57. The highest BCUT2D eigenvalue weighted by atomic mass is 35.5. The van der Waals surface area contributed by atoms with Crippen LogP contribution in [0.15, 0.2) is 0 Å². The molecule has 1 aromatic heterocycles. The summed E-state index contributed by atoms with van der Waals surface area (Å²) >= 11 is 1.56. The summed E-state index contributed by atoms with van der Waals surface area (Å²) in [6.07, 6.45) is 2.81. The number of hydrogen-bond acceptors (Lipinski definition) is 4. The van der Waals surface area contributed by atoms with Crippen LogP contribution in [0.2, 0.25) is 0 Å². The fourth-order valence-corrected chi connectivity index (χ4v) is 2.83. The van der Waals surface area contributed by atoms with Crippen molar-refractivity contribution in [3.05, 3.63) is 10.6 Å². The van der Waals surface area contributed by atoms with E-state index >= 15 is 0 Å². The molecule has 0 aromatic carbocycles. The van der Waals surface area contributed by atoms with E-state index in [0.29, 0.717) is 5.13 Å². The number of carbonyl (C=O) groups is 1. The quantitative estimate of drug-likeness (QED) is 0.834. The third kappa shape index (κ3) is 3.43. The minimum absolute atomic E-state index is 0. The van der Waals surface area contributed by atoms with Crippen molar-refractivity contribution >= 4 is 34.8 Å². The van der Waals surface area contributed by atoms with Gasteiger partial charge in [-0.05, 0) is 19.3 Å². The number of nitrogens with zero attached hydrogens (tertiary/aromatic N) is 1. The van der Waals surface area contributed by atoms with Gasteiger partial charge < -0.3 is 11.1 Å². The van der Waals surface area contributed by atoms with Crippen molar-refractivity contribution in [1.82, 2.24) is 4.98 Å². The summed E-state index contributed by atoms with van der Waals surface area (Å²) in [5, 5.41) is 3.59. The number of thiazole rings is 1. The molecule has 1 aliphatic carbocycles. The molecule has 6 heteroatoms. The van der Waals surface area contributed by atoms with Crippen molar-refractivity contribution in [3.8, 4) is 0 Å². The van der Waals surface area contributed by atoms with Gasteiger partial charge >= 0.3 is 0 Å². The van der Waals surface area contributed by atoms with Crippen molar-refractivity contribution in [1.29, 1.82) is 0 Å². The number of rotatable bonds is 1. The predicted molar refractivity (Wildman–Crippen MR) is 77.4 cm³/mol. The lowest BCUT2D eigenvalue weighted by molar-refractivity contribution is -0.123. The number of hydrogen-bond donors (Lipinski definition) is 2. The van der Waals surface area contributed by atoms with Gasteiger partial charge in [0.05, 0.1) is 5.69 Å². The lowest BCUT2D eigenvalue weighted by Crippen LogP contribution is -2.27. The molecule has 1 heterocycles. The molecule has 0 unspecified atom stereocenters. The highest BCUT2D eigenvalue weighted by Crippen LogP contribution is 2.30. The van der Waals surface area contributed by atoms with Gasteiger partial charge in [-0.15, -0.1) is 23.7 Å². The molecule has 0 radical (unpaired) electrons. The first kappa shape index (κ1) is 15.4. The number of nitrogens with one attached hydrogen (secondary N) is 1. The Hall–Kier alpha value is -0.650. The van der Waals surface area contributed by atoms with Gasteiger partial charge in [-0.3, -0.25) is 4.79 Å². The number of aryl methyl sites for hydroxylation is 1. The molecule has 1 amide bonds. The van der Waals surface area contributed by atoms with Crippen molar-refractivity contribution < 1.29 is 4.79 Å². The zero-order chi connectivity index (χ0) is 12.6. The Morgan fingerprint density at radius 3 is 2.78 bits per heavy atom. The normalized spacial score (nSPS) is 18.8. The zero-order valence-corrected chi connectivity index (χ0v) is 12.6. The lowest BCUT2D eigenvalue weighted by atomic mass is 9.96. The summed E-state index contributed by atoms with van der Waals surface area (Å²) in [7, 11) is 0. The van der Waals surface area contributed by atoms with E-state index in [2.05, 4.69) is 10.3 Å².